The fraction of sp³-hybridized carbons (Fsp3) is 0.100. The average Bonchev–Trinajstić information content (AvgIpc) is 2.03. The Morgan fingerprint density at radius 2 is 2.25 bits per heavy atom. The first-order valence-corrected chi connectivity index (χ1v) is 3.51. The predicted octanol–water partition coefficient (Wildman–Crippen LogP) is 2.65. The Labute approximate surface area is 70.8 Å². The van der Waals surface area contributed by atoms with Crippen LogP contribution in [0.3, 0.4) is 0 Å². The molecule has 1 aromatic carbocycles. The molecule has 0 radical (unpaired) electrons. The average molecular weight is 161 g/mol. The second-order valence-electron chi connectivity index (χ2n) is 2.50. The monoisotopic (exact) mass is 161 g/mol. The molecule has 1 nitrogen and oxygen atoms in total. The minimum atomic E-state index is -0.387. The van der Waals surface area contributed by atoms with Crippen molar-refractivity contribution in [2.24, 2.45) is 0 Å². The number of hydrogen-bond acceptors (Lipinski definition) is 1. The van der Waals surface area contributed by atoms with Gasteiger partial charge in [-0.3, -0.25) is 0 Å². The van der Waals surface area contributed by atoms with Crippen molar-refractivity contribution in [3.63, 3.8) is 0 Å². The van der Waals surface area contributed by atoms with Gasteiger partial charge in [-0.25, -0.2) is 4.39 Å². The van der Waals surface area contributed by atoms with Crippen molar-refractivity contribution in [1.82, 2.24) is 0 Å². The van der Waals surface area contributed by atoms with Crippen LogP contribution in [0.5, 0.6) is 0 Å². The Bertz CT molecular complexity index is 338. The lowest BCUT2D eigenvalue weighted by Gasteiger charge is -2.01. The van der Waals surface area contributed by atoms with Crippen LogP contribution in [0.25, 0.3) is 6.08 Å². The van der Waals surface area contributed by atoms with Crippen LogP contribution in [0.4, 0.5) is 4.39 Å². The SMILES string of the molecule is C=Cc1c(C)cc(C#N)cc1F. The molecule has 0 fully saturated rings. The van der Waals surface area contributed by atoms with Crippen LogP contribution in [0.15, 0.2) is 18.7 Å². The van der Waals surface area contributed by atoms with Crippen molar-refractivity contribution in [2.45, 2.75) is 6.92 Å². The second kappa shape index (κ2) is 3.19. The highest BCUT2D eigenvalue weighted by atomic mass is 19.1. The third kappa shape index (κ3) is 1.35. The van der Waals surface area contributed by atoms with Gasteiger partial charge in [-0.2, -0.15) is 5.26 Å². The number of nitriles is 1. The topological polar surface area (TPSA) is 23.8 Å². The second-order valence-corrected chi connectivity index (χ2v) is 2.50. The van der Waals surface area contributed by atoms with E-state index in [9.17, 15) is 4.39 Å². The molecule has 2 heteroatoms. The highest BCUT2D eigenvalue weighted by Gasteiger charge is 2.03. The maximum Gasteiger partial charge on any atom is 0.131 e. The molecule has 0 atom stereocenters. The van der Waals surface area contributed by atoms with E-state index in [1.807, 2.05) is 6.07 Å². The van der Waals surface area contributed by atoms with E-state index in [0.717, 1.165) is 5.56 Å². The van der Waals surface area contributed by atoms with Gasteiger partial charge in [0.2, 0.25) is 0 Å². The van der Waals surface area contributed by atoms with Crippen molar-refractivity contribution in [3.05, 3.63) is 41.2 Å². The summed E-state index contributed by atoms with van der Waals surface area (Å²) in [4.78, 5) is 0. The van der Waals surface area contributed by atoms with Gasteiger partial charge in [0.05, 0.1) is 11.6 Å². The maximum atomic E-state index is 13.1. The summed E-state index contributed by atoms with van der Waals surface area (Å²) in [6.07, 6.45) is 1.45. The van der Waals surface area contributed by atoms with E-state index in [4.69, 9.17) is 5.26 Å². The van der Waals surface area contributed by atoms with Crippen molar-refractivity contribution >= 4 is 6.08 Å². The van der Waals surface area contributed by atoms with Crippen LogP contribution >= 0.6 is 0 Å². The van der Waals surface area contributed by atoms with Gasteiger partial charge in [-0.05, 0) is 24.6 Å². The van der Waals surface area contributed by atoms with Crippen molar-refractivity contribution in [1.29, 1.82) is 5.26 Å². The first-order valence-electron chi connectivity index (χ1n) is 3.51. The van der Waals surface area contributed by atoms with E-state index in [1.54, 1.807) is 13.0 Å². The summed E-state index contributed by atoms with van der Waals surface area (Å²) >= 11 is 0. The fourth-order valence-electron chi connectivity index (χ4n) is 1.08. The van der Waals surface area contributed by atoms with Crippen molar-refractivity contribution in [2.75, 3.05) is 0 Å². The zero-order valence-corrected chi connectivity index (χ0v) is 6.76. The standard InChI is InChI=1S/C10H8FN/c1-3-9-7(2)4-8(6-12)5-10(9)11/h3-5H,1H2,2H3. The number of halogens is 1. The third-order valence-electron chi connectivity index (χ3n) is 1.67. The number of hydrogen-bond donors (Lipinski definition) is 0. The first-order chi connectivity index (χ1) is 5.69. The van der Waals surface area contributed by atoms with Gasteiger partial charge in [-0.1, -0.05) is 12.7 Å². The third-order valence-corrected chi connectivity index (χ3v) is 1.67. The lowest BCUT2D eigenvalue weighted by molar-refractivity contribution is 0.623. The van der Waals surface area contributed by atoms with Crippen LogP contribution < -0.4 is 0 Å². The highest BCUT2D eigenvalue weighted by molar-refractivity contribution is 5.54. The zero-order chi connectivity index (χ0) is 9.14. The molecule has 0 saturated heterocycles. The summed E-state index contributed by atoms with van der Waals surface area (Å²) in [5.41, 5.74) is 1.55. The lowest BCUT2D eigenvalue weighted by atomic mass is 10.1. The zero-order valence-electron chi connectivity index (χ0n) is 6.76. The predicted molar refractivity (Wildman–Crippen MR) is 45.9 cm³/mol. The molecule has 0 amide bonds. The lowest BCUT2D eigenvalue weighted by Crippen LogP contribution is -1.89. The Morgan fingerprint density at radius 1 is 1.58 bits per heavy atom. The minimum absolute atomic E-state index is 0.343. The smallest absolute Gasteiger partial charge is 0.131 e. The Balaban J connectivity index is 3.39. The van der Waals surface area contributed by atoms with E-state index < -0.39 is 0 Å². The largest absolute Gasteiger partial charge is 0.206 e. The summed E-state index contributed by atoms with van der Waals surface area (Å²) in [6, 6.07) is 4.74. The quantitative estimate of drug-likeness (QED) is 0.621. The van der Waals surface area contributed by atoms with Crippen LogP contribution in [0.2, 0.25) is 0 Å². The normalized spacial score (nSPS) is 9.08. The number of rotatable bonds is 1. The molecule has 0 saturated carbocycles. The Hall–Kier alpha value is -1.62. The molecule has 0 aliphatic rings. The van der Waals surface area contributed by atoms with Crippen LogP contribution in [0, 0.1) is 24.1 Å². The number of nitrogens with zero attached hydrogens (tertiary/aromatic N) is 1. The molecule has 1 aromatic rings. The van der Waals surface area contributed by atoms with E-state index in [1.165, 1.54) is 12.1 Å². The highest BCUT2D eigenvalue weighted by Crippen LogP contribution is 2.16. The molecule has 0 heterocycles. The van der Waals surface area contributed by atoms with Gasteiger partial charge in [0.1, 0.15) is 5.82 Å². The van der Waals surface area contributed by atoms with E-state index in [0.29, 0.717) is 11.1 Å². The molecular weight excluding hydrogens is 153 g/mol. The van der Waals surface area contributed by atoms with Gasteiger partial charge in [0.15, 0.2) is 0 Å². The minimum Gasteiger partial charge on any atom is -0.206 e. The van der Waals surface area contributed by atoms with Gasteiger partial charge in [0, 0.05) is 5.56 Å². The summed E-state index contributed by atoms with van der Waals surface area (Å²) in [5.74, 6) is -0.387. The Kier molecular flexibility index (Phi) is 2.25. The van der Waals surface area contributed by atoms with E-state index >= 15 is 0 Å². The van der Waals surface area contributed by atoms with Crippen LogP contribution in [-0.2, 0) is 0 Å². The van der Waals surface area contributed by atoms with Crippen LogP contribution in [0.1, 0.15) is 16.7 Å². The number of benzene rings is 1. The van der Waals surface area contributed by atoms with Gasteiger partial charge in [0.25, 0.3) is 0 Å². The number of aryl methyl sites for hydroxylation is 1. The summed E-state index contributed by atoms with van der Waals surface area (Å²) in [7, 11) is 0. The molecule has 0 N–H and O–H groups in total. The van der Waals surface area contributed by atoms with E-state index in [2.05, 4.69) is 6.58 Å². The molecule has 12 heavy (non-hydrogen) atoms. The van der Waals surface area contributed by atoms with Gasteiger partial charge >= 0.3 is 0 Å². The first kappa shape index (κ1) is 8.48. The van der Waals surface area contributed by atoms with Gasteiger partial charge in [-0.15, -0.1) is 0 Å². The molecule has 0 spiro atoms. The van der Waals surface area contributed by atoms with E-state index in [-0.39, 0.29) is 5.82 Å². The van der Waals surface area contributed by atoms with Crippen molar-refractivity contribution < 1.29 is 4.39 Å². The molecule has 0 aliphatic heterocycles. The molecule has 0 aliphatic carbocycles. The van der Waals surface area contributed by atoms with Crippen molar-refractivity contribution in [3.8, 4) is 6.07 Å². The molecule has 60 valence electrons. The maximum absolute atomic E-state index is 13.1. The van der Waals surface area contributed by atoms with Gasteiger partial charge < -0.3 is 0 Å². The molecule has 0 aromatic heterocycles. The molecule has 1 rings (SSSR count). The fourth-order valence-corrected chi connectivity index (χ4v) is 1.08. The molecule has 0 unspecified atom stereocenters. The Morgan fingerprint density at radius 3 is 2.67 bits per heavy atom. The molecular formula is C10H8FN. The summed E-state index contributed by atoms with van der Waals surface area (Å²) < 4.78 is 13.1. The summed E-state index contributed by atoms with van der Waals surface area (Å²) in [5, 5.41) is 8.51. The summed E-state index contributed by atoms with van der Waals surface area (Å²) in [6.45, 7) is 5.24. The van der Waals surface area contributed by atoms with Crippen LogP contribution in [-0.4, -0.2) is 0 Å². The molecule has 0 bridgehead atoms.